The number of rotatable bonds is 5. The summed E-state index contributed by atoms with van der Waals surface area (Å²) in [5, 5.41) is 8.59. The Kier molecular flexibility index (Phi) is 5.09. The molecule has 0 unspecified atom stereocenters. The highest BCUT2D eigenvalue weighted by molar-refractivity contribution is 5.04. The first-order valence-electron chi connectivity index (χ1n) is 5.22. The lowest BCUT2D eigenvalue weighted by molar-refractivity contribution is 0.283. The third-order valence-corrected chi connectivity index (χ3v) is 2.54. The molecule has 0 aromatic rings. The number of aliphatic hydroxyl groups is 1. The van der Waals surface area contributed by atoms with Crippen LogP contribution in [0.25, 0.3) is 0 Å². The molecule has 0 atom stereocenters. The maximum absolute atomic E-state index is 8.59. The van der Waals surface area contributed by atoms with Crippen LogP contribution in [0.3, 0.4) is 0 Å². The summed E-state index contributed by atoms with van der Waals surface area (Å²) in [4.78, 5) is 0. The molecule has 1 nitrogen and oxygen atoms in total. The van der Waals surface area contributed by atoms with Gasteiger partial charge in [-0.1, -0.05) is 18.1 Å². The van der Waals surface area contributed by atoms with Gasteiger partial charge in [-0.05, 0) is 44.9 Å². The highest BCUT2D eigenvalue weighted by atomic mass is 16.2. The van der Waals surface area contributed by atoms with Gasteiger partial charge in [0.15, 0.2) is 0 Å². The molecular weight excluding hydrogens is 148 g/mol. The number of aliphatic hydroxyl groups excluding tert-OH is 1. The van der Waals surface area contributed by atoms with Crippen LogP contribution in [-0.2, 0) is 0 Å². The SMILES string of the molecule is OCCCCCC1=CCCCC1. The summed E-state index contributed by atoms with van der Waals surface area (Å²) >= 11 is 0. The minimum absolute atomic E-state index is 0.360. The van der Waals surface area contributed by atoms with E-state index in [0.29, 0.717) is 6.61 Å². The van der Waals surface area contributed by atoms with E-state index in [-0.39, 0.29) is 0 Å². The Morgan fingerprint density at radius 2 is 2.08 bits per heavy atom. The average Bonchev–Trinajstić information content (AvgIpc) is 2.14. The number of hydrogen-bond donors (Lipinski definition) is 1. The van der Waals surface area contributed by atoms with Crippen LogP contribution < -0.4 is 0 Å². The molecule has 70 valence electrons. The van der Waals surface area contributed by atoms with Crippen molar-refractivity contribution in [2.75, 3.05) is 6.61 Å². The minimum atomic E-state index is 0.360. The first-order chi connectivity index (χ1) is 5.93. The summed E-state index contributed by atoms with van der Waals surface area (Å²) in [6, 6.07) is 0. The van der Waals surface area contributed by atoms with Crippen LogP contribution in [0, 0.1) is 0 Å². The van der Waals surface area contributed by atoms with Gasteiger partial charge in [-0.25, -0.2) is 0 Å². The van der Waals surface area contributed by atoms with Gasteiger partial charge in [-0.2, -0.15) is 0 Å². The van der Waals surface area contributed by atoms with Crippen molar-refractivity contribution >= 4 is 0 Å². The molecule has 0 saturated heterocycles. The maximum Gasteiger partial charge on any atom is 0.0431 e. The van der Waals surface area contributed by atoms with Crippen molar-refractivity contribution in [3.05, 3.63) is 11.6 Å². The molecule has 1 N–H and O–H groups in total. The molecule has 1 aliphatic carbocycles. The van der Waals surface area contributed by atoms with Crippen LogP contribution in [0.5, 0.6) is 0 Å². The zero-order chi connectivity index (χ0) is 8.65. The quantitative estimate of drug-likeness (QED) is 0.494. The standard InChI is InChI=1S/C11H20O/c12-10-6-2-5-9-11-7-3-1-4-8-11/h7,12H,1-6,8-10H2. The molecule has 0 aromatic heterocycles. The molecule has 1 heteroatoms. The first-order valence-corrected chi connectivity index (χ1v) is 5.22. The van der Waals surface area contributed by atoms with E-state index in [9.17, 15) is 0 Å². The van der Waals surface area contributed by atoms with Gasteiger partial charge in [-0.15, -0.1) is 0 Å². The third-order valence-electron chi connectivity index (χ3n) is 2.54. The Balaban J connectivity index is 2.01. The van der Waals surface area contributed by atoms with Crippen molar-refractivity contribution in [2.24, 2.45) is 0 Å². The van der Waals surface area contributed by atoms with Gasteiger partial charge in [-0.3, -0.25) is 0 Å². The average molecular weight is 168 g/mol. The normalized spacial score (nSPS) is 17.6. The third kappa shape index (κ3) is 3.91. The Labute approximate surface area is 75.5 Å². The van der Waals surface area contributed by atoms with Crippen LogP contribution in [0.2, 0.25) is 0 Å². The van der Waals surface area contributed by atoms with Crippen molar-refractivity contribution in [3.63, 3.8) is 0 Å². The molecular formula is C11H20O. The lowest BCUT2D eigenvalue weighted by Crippen LogP contribution is -1.92. The minimum Gasteiger partial charge on any atom is -0.396 e. The predicted octanol–water partition coefficient (Wildman–Crippen LogP) is 3.04. The number of hydrogen-bond acceptors (Lipinski definition) is 1. The van der Waals surface area contributed by atoms with E-state index in [1.807, 2.05) is 0 Å². The molecule has 0 heterocycles. The number of allylic oxidation sites excluding steroid dienone is 2. The summed E-state index contributed by atoms with van der Waals surface area (Å²) in [6.45, 7) is 0.360. The smallest absolute Gasteiger partial charge is 0.0431 e. The van der Waals surface area contributed by atoms with Gasteiger partial charge in [0.05, 0.1) is 0 Å². The summed E-state index contributed by atoms with van der Waals surface area (Å²) in [5.41, 5.74) is 1.67. The fourth-order valence-corrected chi connectivity index (χ4v) is 1.77. The van der Waals surface area contributed by atoms with E-state index in [4.69, 9.17) is 5.11 Å². The fraction of sp³-hybridized carbons (Fsp3) is 0.818. The van der Waals surface area contributed by atoms with Gasteiger partial charge in [0.2, 0.25) is 0 Å². The van der Waals surface area contributed by atoms with E-state index in [1.165, 1.54) is 44.9 Å². The lowest BCUT2D eigenvalue weighted by atomic mass is 9.95. The van der Waals surface area contributed by atoms with Gasteiger partial charge in [0.1, 0.15) is 0 Å². The second-order valence-corrected chi connectivity index (χ2v) is 3.64. The molecule has 1 rings (SSSR count). The van der Waals surface area contributed by atoms with Gasteiger partial charge < -0.3 is 5.11 Å². The van der Waals surface area contributed by atoms with Crippen molar-refractivity contribution in [2.45, 2.75) is 51.4 Å². The summed E-state index contributed by atoms with van der Waals surface area (Å²) in [7, 11) is 0. The molecule has 0 aliphatic heterocycles. The Morgan fingerprint density at radius 3 is 2.75 bits per heavy atom. The van der Waals surface area contributed by atoms with Crippen LogP contribution >= 0.6 is 0 Å². The zero-order valence-electron chi connectivity index (χ0n) is 7.89. The molecule has 0 amide bonds. The monoisotopic (exact) mass is 168 g/mol. The van der Waals surface area contributed by atoms with E-state index in [2.05, 4.69) is 6.08 Å². The van der Waals surface area contributed by atoms with Crippen molar-refractivity contribution < 1.29 is 5.11 Å². The molecule has 1 aliphatic rings. The molecule has 0 aromatic carbocycles. The van der Waals surface area contributed by atoms with Crippen LogP contribution in [0.15, 0.2) is 11.6 Å². The van der Waals surface area contributed by atoms with E-state index < -0.39 is 0 Å². The number of unbranched alkanes of at least 4 members (excludes halogenated alkanes) is 2. The molecule has 0 fully saturated rings. The summed E-state index contributed by atoms with van der Waals surface area (Å²) in [5.74, 6) is 0. The van der Waals surface area contributed by atoms with E-state index in [0.717, 1.165) is 6.42 Å². The molecule has 0 bridgehead atoms. The Hall–Kier alpha value is -0.300. The Morgan fingerprint density at radius 1 is 1.17 bits per heavy atom. The second-order valence-electron chi connectivity index (χ2n) is 3.64. The van der Waals surface area contributed by atoms with Crippen LogP contribution in [-0.4, -0.2) is 11.7 Å². The summed E-state index contributed by atoms with van der Waals surface area (Å²) < 4.78 is 0. The van der Waals surface area contributed by atoms with Crippen molar-refractivity contribution in [3.8, 4) is 0 Å². The largest absolute Gasteiger partial charge is 0.396 e. The maximum atomic E-state index is 8.59. The molecule has 0 radical (unpaired) electrons. The van der Waals surface area contributed by atoms with Gasteiger partial charge >= 0.3 is 0 Å². The molecule has 0 saturated carbocycles. The fourth-order valence-electron chi connectivity index (χ4n) is 1.77. The second kappa shape index (κ2) is 6.24. The molecule has 0 spiro atoms. The summed E-state index contributed by atoms with van der Waals surface area (Å²) in [6.07, 6.45) is 12.6. The topological polar surface area (TPSA) is 20.2 Å². The van der Waals surface area contributed by atoms with E-state index in [1.54, 1.807) is 5.57 Å². The highest BCUT2D eigenvalue weighted by Gasteiger charge is 2.02. The molecule has 12 heavy (non-hydrogen) atoms. The van der Waals surface area contributed by atoms with Crippen LogP contribution in [0.1, 0.15) is 51.4 Å². The lowest BCUT2D eigenvalue weighted by Gasteiger charge is -2.11. The van der Waals surface area contributed by atoms with Gasteiger partial charge in [0.25, 0.3) is 0 Å². The highest BCUT2D eigenvalue weighted by Crippen LogP contribution is 2.21. The Bertz CT molecular complexity index is 138. The van der Waals surface area contributed by atoms with Crippen LogP contribution in [0.4, 0.5) is 0 Å². The van der Waals surface area contributed by atoms with Crippen molar-refractivity contribution in [1.29, 1.82) is 0 Å². The van der Waals surface area contributed by atoms with E-state index >= 15 is 0 Å². The van der Waals surface area contributed by atoms with Crippen molar-refractivity contribution in [1.82, 2.24) is 0 Å². The first kappa shape index (κ1) is 9.79. The predicted molar refractivity (Wildman–Crippen MR) is 52.1 cm³/mol. The van der Waals surface area contributed by atoms with Gasteiger partial charge in [0, 0.05) is 6.61 Å². The zero-order valence-corrected chi connectivity index (χ0v) is 7.89.